The molecule has 3 aliphatic heterocycles. The van der Waals surface area contributed by atoms with E-state index in [1.807, 2.05) is 58.1 Å². The van der Waals surface area contributed by atoms with Crippen molar-refractivity contribution >= 4 is 29.2 Å². The minimum absolute atomic E-state index is 0.0170. The molecule has 4 aliphatic rings. The highest BCUT2D eigenvalue weighted by molar-refractivity contribution is 6.39. The molecule has 0 aromatic carbocycles. The molecule has 5 rings (SSSR count). The Hall–Kier alpha value is -4.34. The lowest BCUT2D eigenvalue weighted by atomic mass is 9.77. The number of rotatable bonds is 10. The summed E-state index contributed by atoms with van der Waals surface area (Å²) in [6, 6.07) is -1.19. The van der Waals surface area contributed by atoms with Crippen LogP contribution in [0, 0.1) is 35.5 Å². The standard InChI is InChI=1S/C52H79N5O12.C4H10O2/c1-31-16-12-11-13-17-32(2)43(65-8)28-39-21-19-37(7)52(64,69-39)49(61)50(62)56-23-15-14-18-41(56)51(63)68-44(34(4)26-38-20-22-40(45(27-38)66-9)57-30-53-54-55-57)29-42(58)33(3)25-36(6)47(60)48(67-10)46(59)35(5)24-31;1-5-3-4-6-2/h11-13,16-17,25,30-31,33-35,37-41,43-45,47-48,60,64H,14-15,18-24,26-29H2,1-10H3;3-4H2,1-2H3/b13-11+,16-12+,32-17+,36-25+;/t31-,33-,34-,35-,37-,38+,39?,40+,41+,43+,44+,45-,47-,48+,52-;/m1./s1. The largest absolute Gasteiger partial charge is 0.460 e. The molecule has 1 aromatic rings. The number of ether oxygens (including phenoxy) is 7. The van der Waals surface area contributed by atoms with Gasteiger partial charge >= 0.3 is 5.97 Å². The van der Waals surface area contributed by atoms with E-state index in [2.05, 4.69) is 25.0 Å². The number of Topliss-reactive ketones (excluding diaryl/α,β-unsaturated/α-hetero) is 3. The molecule has 2 N–H and O–H groups in total. The number of carbonyl (C=O) groups is 5. The average molecular weight is 1060 g/mol. The maximum atomic E-state index is 14.5. The Morgan fingerprint density at radius 3 is 2.20 bits per heavy atom. The molecule has 4 heterocycles. The van der Waals surface area contributed by atoms with Gasteiger partial charge in [0.1, 0.15) is 36.5 Å². The molecule has 3 fully saturated rings. The molecule has 0 radical (unpaired) electrons. The van der Waals surface area contributed by atoms with Crippen LogP contribution in [0.25, 0.3) is 0 Å². The number of tetrazole rings is 1. The van der Waals surface area contributed by atoms with Crippen LogP contribution >= 0.6 is 0 Å². The monoisotopic (exact) mass is 1060 g/mol. The molecule has 2 bridgehead atoms. The molecule has 1 aromatic heterocycles. The van der Waals surface area contributed by atoms with Crippen molar-refractivity contribution in [2.75, 3.05) is 55.3 Å². The van der Waals surface area contributed by atoms with Crippen molar-refractivity contribution in [1.29, 1.82) is 0 Å². The van der Waals surface area contributed by atoms with Gasteiger partial charge in [0.2, 0.25) is 5.79 Å². The molecule has 1 unspecified atom stereocenters. The number of hydrogen-bond donors (Lipinski definition) is 2. The summed E-state index contributed by atoms with van der Waals surface area (Å²) in [6.45, 7) is 14.2. The highest BCUT2D eigenvalue weighted by Crippen LogP contribution is 2.39. The first-order chi connectivity index (χ1) is 35.7. The minimum atomic E-state index is -2.43. The van der Waals surface area contributed by atoms with Gasteiger partial charge in [-0.2, -0.15) is 0 Å². The van der Waals surface area contributed by atoms with E-state index in [1.165, 1.54) is 12.0 Å². The lowest BCUT2D eigenvalue weighted by Crippen LogP contribution is -2.61. The van der Waals surface area contributed by atoms with Gasteiger partial charge in [-0.25, -0.2) is 9.48 Å². The zero-order chi connectivity index (χ0) is 55.4. The Morgan fingerprint density at radius 1 is 0.840 bits per heavy atom. The zero-order valence-electron chi connectivity index (χ0n) is 46.8. The van der Waals surface area contributed by atoms with Gasteiger partial charge in [-0.05, 0) is 117 Å². The summed E-state index contributed by atoms with van der Waals surface area (Å²) in [5.74, 6) is -7.92. The number of fused-ring (bicyclic) bond motifs is 3. The topological polar surface area (TPSA) is 237 Å². The van der Waals surface area contributed by atoms with Gasteiger partial charge in [0.25, 0.3) is 11.7 Å². The predicted molar refractivity (Wildman–Crippen MR) is 280 cm³/mol. The zero-order valence-corrected chi connectivity index (χ0v) is 46.8. The first-order valence-electron chi connectivity index (χ1n) is 26.9. The van der Waals surface area contributed by atoms with E-state index in [9.17, 15) is 34.2 Å². The summed E-state index contributed by atoms with van der Waals surface area (Å²) in [7, 11) is 7.92. The average Bonchev–Trinajstić information content (AvgIpc) is 3.94. The van der Waals surface area contributed by atoms with Gasteiger partial charge in [0.15, 0.2) is 5.78 Å². The molecule has 0 spiro atoms. The van der Waals surface area contributed by atoms with Crippen molar-refractivity contribution in [2.24, 2.45) is 35.5 Å². The van der Waals surface area contributed by atoms with Crippen molar-refractivity contribution in [2.45, 2.75) is 180 Å². The van der Waals surface area contributed by atoms with Crippen LogP contribution < -0.4 is 0 Å². The van der Waals surface area contributed by atoms with Crippen LogP contribution in [0.15, 0.2) is 53.9 Å². The molecule has 1 saturated carbocycles. The third kappa shape index (κ3) is 17.9. The number of esters is 1. The summed E-state index contributed by atoms with van der Waals surface area (Å²) in [4.78, 5) is 72.3. The Labute approximate surface area is 445 Å². The molecule has 15 atom stereocenters. The summed E-state index contributed by atoms with van der Waals surface area (Å²) in [5.41, 5.74) is 1.27. The predicted octanol–water partition coefficient (Wildman–Crippen LogP) is 6.33. The van der Waals surface area contributed by atoms with E-state index in [1.54, 1.807) is 66.3 Å². The highest BCUT2D eigenvalue weighted by Gasteiger charge is 2.53. The maximum Gasteiger partial charge on any atom is 0.329 e. The number of allylic oxidation sites excluding steroid dienone is 6. The number of nitrogens with zero attached hydrogens (tertiary/aromatic N) is 5. The van der Waals surface area contributed by atoms with Crippen molar-refractivity contribution in [3.63, 3.8) is 0 Å². The second kappa shape index (κ2) is 31.2. The lowest BCUT2D eigenvalue weighted by Gasteiger charge is -2.42. The molecule has 422 valence electrons. The molecule has 19 heteroatoms. The van der Waals surface area contributed by atoms with Crippen LogP contribution in [-0.2, 0) is 57.1 Å². The number of ketones is 3. The van der Waals surface area contributed by atoms with Crippen molar-refractivity contribution in [3.8, 4) is 0 Å². The van der Waals surface area contributed by atoms with Crippen LogP contribution in [0.2, 0.25) is 0 Å². The number of methoxy groups -OCH3 is 5. The molecular formula is C56H89N5O14. The van der Waals surface area contributed by atoms with E-state index >= 15 is 0 Å². The van der Waals surface area contributed by atoms with E-state index in [-0.39, 0.29) is 60.9 Å². The number of piperidine rings is 1. The second-order valence-corrected chi connectivity index (χ2v) is 21.4. The van der Waals surface area contributed by atoms with E-state index in [0.29, 0.717) is 70.2 Å². The van der Waals surface area contributed by atoms with Crippen LogP contribution in [0.1, 0.15) is 132 Å². The number of aromatic nitrogens is 4. The van der Waals surface area contributed by atoms with Crippen LogP contribution in [0.5, 0.6) is 0 Å². The summed E-state index contributed by atoms with van der Waals surface area (Å²) >= 11 is 0. The molecule has 75 heavy (non-hydrogen) atoms. The number of carbonyl (C=O) groups excluding carboxylic acids is 5. The fourth-order valence-electron chi connectivity index (χ4n) is 10.9. The molecule has 1 aliphatic carbocycles. The van der Waals surface area contributed by atoms with Gasteiger partial charge in [-0.3, -0.25) is 19.2 Å². The van der Waals surface area contributed by atoms with E-state index in [4.69, 9.17) is 23.7 Å². The Bertz CT molecular complexity index is 2090. The van der Waals surface area contributed by atoms with Crippen LogP contribution in [0.3, 0.4) is 0 Å². The van der Waals surface area contributed by atoms with E-state index in [0.717, 1.165) is 18.4 Å². The van der Waals surface area contributed by atoms with Gasteiger partial charge in [-0.1, -0.05) is 71.1 Å². The minimum Gasteiger partial charge on any atom is -0.460 e. The van der Waals surface area contributed by atoms with Gasteiger partial charge < -0.3 is 48.3 Å². The maximum absolute atomic E-state index is 14.5. The highest BCUT2D eigenvalue weighted by atomic mass is 16.6. The molecule has 19 nitrogen and oxygen atoms in total. The molecular weight excluding hydrogens is 967 g/mol. The smallest absolute Gasteiger partial charge is 0.329 e. The third-order valence-electron chi connectivity index (χ3n) is 15.7. The van der Waals surface area contributed by atoms with Crippen LogP contribution in [0.4, 0.5) is 0 Å². The summed E-state index contributed by atoms with van der Waals surface area (Å²) in [5, 5.41) is 35.2. The Kier molecular flexibility index (Phi) is 26.3. The van der Waals surface area contributed by atoms with Gasteiger partial charge in [-0.15, -0.1) is 5.10 Å². The first-order valence-corrected chi connectivity index (χ1v) is 26.9. The Morgan fingerprint density at radius 2 is 1.56 bits per heavy atom. The summed E-state index contributed by atoms with van der Waals surface area (Å²) in [6.07, 6.45) is 13.9. The van der Waals surface area contributed by atoms with Gasteiger partial charge in [0, 0.05) is 72.7 Å². The molecule has 2 saturated heterocycles. The van der Waals surface area contributed by atoms with Gasteiger partial charge in [0.05, 0.1) is 37.6 Å². The Balaban J connectivity index is 0.00000191. The number of hydrogen-bond acceptors (Lipinski definition) is 17. The normalized spacial score (nSPS) is 36.4. The quantitative estimate of drug-likeness (QED) is 0.113. The van der Waals surface area contributed by atoms with Crippen molar-refractivity contribution in [1.82, 2.24) is 25.1 Å². The number of amides is 1. The van der Waals surface area contributed by atoms with Crippen molar-refractivity contribution in [3.05, 3.63) is 53.9 Å². The SMILES string of the molecule is COCCOC.CO[C@H]1CC2CC[C@@H](C)[C@@](O)(O2)C(=O)C(=O)N2CCCC[C@H]2C(=O)O[C@H]([C@H](C)C[C@@H]2CC[C@H](n3cnnn3)[C@H](OC)C2)CC(=O)[C@H](C)/C=C(\C)[C@@H](O)[C@@H](OC)C(=O)[C@H](C)C[C@H](C)/C=C/C=C/C=C/1C. The first kappa shape index (κ1) is 63.2. The number of aliphatic hydroxyl groups excluding tert-OH is 1. The summed E-state index contributed by atoms with van der Waals surface area (Å²) < 4.78 is 40.9. The fourth-order valence-corrected chi connectivity index (χ4v) is 10.9. The second-order valence-electron chi connectivity index (χ2n) is 21.4. The van der Waals surface area contributed by atoms with E-state index < -0.39 is 77.8 Å². The number of aliphatic hydroxyl groups is 2. The lowest BCUT2D eigenvalue weighted by molar-refractivity contribution is -0.265. The fraction of sp³-hybridized carbons (Fsp3) is 0.750. The number of cyclic esters (lactones) is 1. The van der Waals surface area contributed by atoms with Crippen molar-refractivity contribution < 1.29 is 67.3 Å². The third-order valence-corrected chi connectivity index (χ3v) is 15.7. The van der Waals surface area contributed by atoms with Crippen LogP contribution in [-0.4, -0.2) is 168 Å². The molecule has 1 amide bonds.